The molecule has 0 atom stereocenters. The minimum atomic E-state index is 0.585. The summed E-state index contributed by atoms with van der Waals surface area (Å²) in [5.74, 6) is 0.968. The molecule has 0 amide bonds. The summed E-state index contributed by atoms with van der Waals surface area (Å²) in [5.41, 5.74) is 6.96. The number of aromatic nitrogens is 4. The lowest BCUT2D eigenvalue weighted by atomic mass is 10.0. The molecule has 0 aliphatic rings. The maximum atomic E-state index is 6.83. The van der Waals surface area contributed by atoms with Crippen LogP contribution in [0.3, 0.4) is 0 Å². The number of fused-ring (bicyclic) bond motifs is 1. The van der Waals surface area contributed by atoms with Gasteiger partial charge in [0.25, 0.3) is 0 Å². The number of nitrogens with one attached hydrogen (secondary N) is 1. The molecule has 4 rings (SSSR count). The molecule has 0 radical (unpaired) electrons. The fourth-order valence-electron chi connectivity index (χ4n) is 4.52. The maximum absolute atomic E-state index is 6.83. The molecule has 0 spiro atoms. The van der Waals surface area contributed by atoms with E-state index in [0.717, 1.165) is 54.9 Å². The van der Waals surface area contributed by atoms with Gasteiger partial charge in [0, 0.05) is 44.2 Å². The Morgan fingerprint density at radius 2 is 1.91 bits per heavy atom. The first-order chi connectivity index (χ1) is 16.5. The zero-order chi connectivity index (χ0) is 24.1. The van der Waals surface area contributed by atoms with Crippen LogP contribution in [-0.4, -0.2) is 44.9 Å². The summed E-state index contributed by atoms with van der Waals surface area (Å²) in [7, 11) is 1.74. The first-order valence-electron chi connectivity index (χ1n) is 12.0. The van der Waals surface area contributed by atoms with Crippen molar-refractivity contribution in [2.75, 3.05) is 20.3 Å². The summed E-state index contributed by atoms with van der Waals surface area (Å²) >= 11 is 6.83. The Morgan fingerprint density at radius 1 is 1.12 bits per heavy atom. The number of methoxy groups -OCH3 is 1. The summed E-state index contributed by atoms with van der Waals surface area (Å²) in [4.78, 5) is 7.27. The Labute approximate surface area is 206 Å². The van der Waals surface area contributed by atoms with Gasteiger partial charge in [-0.3, -0.25) is 10.00 Å². The minimum absolute atomic E-state index is 0.585. The highest BCUT2D eigenvalue weighted by atomic mass is 35.5. The average molecular weight is 480 g/mol. The van der Waals surface area contributed by atoms with Gasteiger partial charge in [0.05, 0.1) is 24.0 Å². The zero-order valence-electron chi connectivity index (χ0n) is 20.6. The van der Waals surface area contributed by atoms with Crippen molar-refractivity contribution in [1.82, 2.24) is 24.6 Å². The zero-order valence-corrected chi connectivity index (χ0v) is 21.3. The summed E-state index contributed by atoms with van der Waals surface area (Å²) in [6.45, 7) is 10.3. The molecule has 34 heavy (non-hydrogen) atoms. The normalized spacial score (nSPS) is 11.7. The SMILES string of the molecule is CCCCn1c(-c2c(C)cccc2C)nc(Cl)c1CN(CCOC)Cc1ccc2[nH]ncc2c1. The third kappa shape index (κ3) is 5.35. The van der Waals surface area contributed by atoms with E-state index in [-0.39, 0.29) is 0 Å². The largest absolute Gasteiger partial charge is 0.383 e. The molecule has 4 aromatic rings. The number of halogens is 1. The third-order valence-corrected chi connectivity index (χ3v) is 6.66. The average Bonchev–Trinajstić information content (AvgIpc) is 3.40. The summed E-state index contributed by atoms with van der Waals surface area (Å²) in [6, 6.07) is 12.8. The van der Waals surface area contributed by atoms with E-state index in [1.807, 2.05) is 6.20 Å². The van der Waals surface area contributed by atoms with Gasteiger partial charge in [0.15, 0.2) is 5.15 Å². The van der Waals surface area contributed by atoms with E-state index in [2.05, 4.69) is 76.8 Å². The Kier molecular flexibility index (Phi) is 8.03. The number of benzene rings is 2. The van der Waals surface area contributed by atoms with Gasteiger partial charge in [-0.15, -0.1) is 0 Å². The summed E-state index contributed by atoms with van der Waals surface area (Å²) in [6.07, 6.45) is 4.05. The molecule has 0 unspecified atom stereocenters. The van der Waals surface area contributed by atoms with Crippen LogP contribution in [0.1, 0.15) is 42.1 Å². The fourth-order valence-corrected chi connectivity index (χ4v) is 4.76. The number of hydrogen-bond acceptors (Lipinski definition) is 4. The van der Waals surface area contributed by atoms with Gasteiger partial charge in [-0.1, -0.05) is 49.2 Å². The number of nitrogens with zero attached hydrogens (tertiary/aromatic N) is 4. The number of aromatic amines is 1. The molecule has 0 saturated heterocycles. The molecule has 2 heterocycles. The molecule has 0 aliphatic heterocycles. The van der Waals surface area contributed by atoms with Gasteiger partial charge in [0.2, 0.25) is 0 Å². The monoisotopic (exact) mass is 479 g/mol. The van der Waals surface area contributed by atoms with E-state index in [1.165, 1.54) is 22.3 Å². The van der Waals surface area contributed by atoms with Crippen molar-refractivity contribution in [2.45, 2.75) is 53.2 Å². The molecule has 0 saturated carbocycles. The van der Waals surface area contributed by atoms with Gasteiger partial charge in [-0.25, -0.2) is 4.98 Å². The predicted octanol–water partition coefficient (Wildman–Crippen LogP) is 6.15. The minimum Gasteiger partial charge on any atom is -0.383 e. The number of ether oxygens (including phenoxy) is 1. The lowest BCUT2D eigenvalue weighted by molar-refractivity contribution is 0.138. The van der Waals surface area contributed by atoms with E-state index in [9.17, 15) is 0 Å². The number of imidazole rings is 1. The molecule has 2 aromatic heterocycles. The number of hydrogen-bond donors (Lipinski definition) is 1. The summed E-state index contributed by atoms with van der Waals surface area (Å²) < 4.78 is 7.76. The van der Waals surface area contributed by atoms with Crippen molar-refractivity contribution in [3.8, 4) is 11.4 Å². The van der Waals surface area contributed by atoms with Crippen molar-refractivity contribution in [3.63, 3.8) is 0 Å². The van der Waals surface area contributed by atoms with E-state index < -0.39 is 0 Å². The van der Waals surface area contributed by atoms with Gasteiger partial charge in [0.1, 0.15) is 5.82 Å². The maximum Gasteiger partial charge on any atom is 0.152 e. The second kappa shape index (κ2) is 11.2. The van der Waals surface area contributed by atoms with Crippen molar-refractivity contribution in [1.29, 1.82) is 0 Å². The van der Waals surface area contributed by atoms with Crippen LogP contribution in [0.4, 0.5) is 0 Å². The molecule has 0 aliphatic carbocycles. The van der Waals surface area contributed by atoms with Crippen LogP contribution < -0.4 is 0 Å². The van der Waals surface area contributed by atoms with Crippen molar-refractivity contribution in [2.24, 2.45) is 0 Å². The Bertz CT molecular complexity index is 1230. The highest BCUT2D eigenvalue weighted by Crippen LogP contribution is 2.32. The molecular weight excluding hydrogens is 446 g/mol. The Balaban J connectivity index is 1.69. The van der Waals surface area contributed by atoms with Crippen LogP contribution in [0.2, 0.25) is 5.15 Å². The molecule has 2 aromatic carbocycles. The second-order valence-corrected chi connectivity index (χ2v) is 9.30. The van der Waals surface area contributed by atoms with E-state index in [4.69, 9.17) is 21.3 Å². The smallest absolute Gasteiger partial charge is 0.152 e. The third-order valence-electron chi connectivity index (χ3n) is 6.36. The van der Waals surface area contributed by atoms with Crippen LogP contribution in [0.15, 0.2) is 42.6 Å². The summed E-state index contributed by atoms with van der Waals surface area (Å²) in [5, 5.41) is 8.87. The van der Waals surface area contributed by atoms with Crippen LogP contribution in [0.25, 0.3) is 22.3 Å². The highest BCUT2D eigenvalue weighted by Gasteiger charge is 2.21. The lowest BCUT2D eigenvalue weighted by Crippen LogP contribution is -2.28. The van der Waals surface area contributed by atoms with Gasteiger partial charge in [-0.05, 0) is 49.1 Å². The molecule has 7 heteroatoms. The number of H-pyrrole nitrogens is 1. The van der Waals surface area contributed by atoms with Crippen LogP contribution in [0.5, 0.6) is 0 Å². The van der Waals surface area contributed by atoms with Crippen molar-refractivity contribution in [3.05, 3.63) is 70.1 Å². The van der Waals surface area contributed by atoms with E-state index in [0.29, 0.717) is 18.3 Å². The Hall–Kier alpha value is -2.67. The first kappa shape index (κ1) is 24.5. The number of rotatable bonds is 11. The van der Waals surface area contributed by atoms with E-state index >= 15 is 0 Å². The van der Waals surface area contributed by atoms with Gasteiger partial charge >= 0.3 is 0 Å². The molecule has 180 valence electrons. The topological polar surface area (TPSA) is 59.0 Å². The van der Waals surface area contributed by atoms with Crippen molar-refractivity contribution >= 4 is 22.5 Å². The van der Waals surface area contributed by atoms with Gasteiger partial charge < -0.3 is 9.30 Å². The molecule has 0 bridgehead atoms. The fraction of sp³-hybridized carbons (Fsp3) is 0.407. The molecular formula is C27H34ClN5O. The van der Waals surface area contributed by atoms with Crippen LogP contribution in [0, 0.1) is 13.8 Å². The van der Waals surface area contributed by atoms with E-state index in [1.54, 1.807) is 7.11 Å². The second-order valence-electron chi connectivity index (χ2n) is 8.94. The predicted molar refractivity (Wildman–Crippen MR) is 139 cm³/mol. The van der Waals surface area contributed by atoms with Crippen LogP contribution >= 0.6 is 11.6 Å². The standard InChI is InChI=1S/C27H34ClN5O/c1-5-6-12-33-24(26(28)30-27(33)25-19(2)8-7-9-20(25)3)18-32(13-14-34-4)17-21-10-11-23-22(15-21)16-29-31-23/h7-11,15-16H,5-6,12-14,17-18H2,1-4H3,(H,29,31). The molecule has 1 N–H and O–H groups in total. The number of unbranched alkanes of at least 4 members (excludes halogenated alkanes) is 1. The lowest BCUT2D eigenvalue weighted by Gasteiger charge is -2.24. The van der Waals surface area contributed by atoms with Crippen molar-refractivity contribution < 1.29 is 4.74 Å². The van der Waals surface area contributed by atoms with Gasteiger partial charge in [-0.2, -0.15) is 5.10 Å². The number of aryl methyl sites for hydroxylation is 2. The Morgan fingerprint density at radius 3 is 2.65 bits per heavy atom. The quantitative estimate of drug-likeness (QED) is 0.280. The molecule has 0 fully saturated rings. The molecule has 6 nitrogen and oxygen atoms in total. The van der Waals surface area contributed by atoms with Crippen LogP contribution in [-0.2, 0) is 24.4 Å². The first-order valence-corrected chi connectivity index (χ1v) is 12.3. The highest BCUT2D eigenvalue weighted by molar-refractivity contribution is 6.30.